The largest absolute Gasteiger partial charge is 0.487 e. The van der Waals surface area contributed by atoms with Crippen LogP contribution in [0.25, 0.3) is 0 Å². The molecule has 0 aromatic carbocycles. The molecule has 0 fully saturated rings. The molecule has 0 radical (unpaired) electrons. The Kier molecular flexibility index (Phi) is 6.01. The van der Waals surface area contributed by atoms with Gasteiger partial charge in [0, 0.05) is 33.7 Å². The van der Waals surface area contributed by atoms with Gasteiger partial charge in [0.1, 0.15) is 0 Å². The summed E-state index contributed by atoms with van der Waals surface area (Å²) < 4.78 is 16.2. The summed E-state index contributed by atoms with van der Waals surface area (Å²) in [5, 5.41) is 4.56. The van der Waals surface area contributed by atoms with Gasteiger partial charge in [-0.15, -0.1) is 11.3 Å². The molecule has 2 atom stereocenters. The van der Waals surface area contributed by atoms with Crippen LogP contribution in [0, 0.1) is 0 Å². The number of ether oxygens (including phenoxy) is 1. The molecule has 0 spiro atoms. The molecule has 0 saturated carbocycles. The maximum atomic E-state index is 11.1. The average molecular weight is 261 g/mol. The van der Waals surface area contributed by atoms with Gasteiger partial charge in [-0.05, 0) is 25.1 Å². The van der Waals surface area contributed by atoms with E-state index in [1.165, 1.54) is 4.88 Å². The molecule has 5 heteroatoms. The Bertz CT molecular complexity index is 338. The van der Waals surface area contributed by atoms with Gasteiger partial charge in [-0.3, -0.25) is 4.21 Å². The van der Waals surface area contributed by atoms with Crippen LogP contribution >= 0.6 is 11.3 Å². The Hall–Kier alpha value is -0.390. The molecule has 0 aliphatic carbocycles. The van der Waals surface area contributed by atoms with Gasteiger partial charge in [0.2, 0.25) is 0 Å². The fourth-order valence-electron chi connectivity index (χ4n) is 1.25. The van der Waals surface area contributed by atoms with Gasteiger partial charge in [0.05, 0.1) is 7.11 Å². The summed E-state index contributed by atoms with van der Waals surface area (Å²) in [6, 6.07) is 4.04. The van der Waals surface area contributed by atoms with Crippen molar-refractivity contribution >= 4 is 22.1 Å². The second-order valence-corrected chi connectivity index (χ2v) is 6.63. The zero-order valence-electron chi connectivity index (χ0n) is 9.99. The molecule has 0 saturated heterocycles. The zero-order valence-corrected chi connectivity index (χ0v) is 11.6. The van der Waals surface area contributed by atoms with E-state index in [9.17, 15) is 4.21 Å². The smallest absolute Gasteiger partial charge is 0.173 e. The molecule has 1 heterocycles. The lowest BCUT2D eigenvalue weighted by atomic mass is 10.3. The molecule has 0 aliphatic heterocycles. The lowest BCUT2D eigenvalue weighted by Gasteiger charge is -2.08. The number of nitrogens with one attached hydrogen (secondary N) is 1. The molecular formula is C11H19NO2S2. The zero-order chi connectivity index (χ0) is 12.0. The summed E-state index contributed by atoms with van der Waals surface area (Å²) in [5.74, 6) is 0. The highest BCUT2D eigenvalue weighted by Crippen LogP contribution is 2.23. The van der Waals surface area contributed by atoms with Crippen LogP contribution in [0.4, 0.5) is 0 Å². The van der Waals surface area contributed by atoms with E-state index in [1.54, 1.807) is 24.7 Å². The molecule has 3 nitrogen and oxygen atoms in total. The van der Waals surface area contributed by atoms with Crippen molar-refractivity contribution in [2.24, 2.45) is 0 Å². The maximum Gasteiger partial charge on any atom is 0.173 e. The molecule has 1 rings (SSSR count). The van der Waals surface area contributed by atoms with Crippen molar-refractivity contribution < 1.29 is 8.95 Å². The van der Waals surface area contributed by atoms with Crippen LogP contribution in [-0.4, -0.2) is 29.4 Å². The molecule has 1 aromatic rings. The summed E-state index contributed by atoms with van der Waals surface area (Å²) in [6.07, 6.45) is 2.71. The number of thiophene rings is 1. The lowest BCUT2D eigenvalue weighted by molar-refractivity contribution is 0.427. The van der Waals surface area contributed by atoms with Crippen molar-refractivity contribution in [3.8, 4) is 5.06 Å². The molecule has 0 aliphatic rings. The van der Waals surface area contributed by atoms with Crippen LogP contribution in [0.15, 0.2) is 12.1 Å². The summed E-state index contributed by atoms with van der Waals surface area (Å²) in [7, 11) is 0.969. The minimum atomic E-state index is -0.713. The predicted molar refractivity (Wildman–Crippen MR) is 70.7 cm³/mol. The lowest BCUT2D eigenvalue weighted by Crippen LogP contribution is -2.20. The van der Waals surface area contributed by atoms with Crippen molar-refractivity contribution in [2.75, 3.05) is 19.9 Å². The molecule has 2 unspecified atom stereocenters. The molecule has 0 bridgehead atoms. The summed E-state index contributed by atoms with van der Waals surface area (Å²) in [4.78, 5) is 1.27. The van der Waals surface area contributed by atoms with E-state index in [4.69, 9.17) is 4.74 Å². The monoisotopic (exact) mass is 261 g/mol. The van der Waals surface area contributed by atoms with Gasteiger partial charge in [-0.2, -0.15) is 0 Å². The highest BCUT2D eigenvalue weighted by molar-refractivity contribution is 7.84. The first-order valence-corrected chi connectivity index (χ1v) is 7.73. The molecule has 0 amide bonds. The van der Waals surface area contributed by atoms with Gasteiger partial charge in [-0.1, -0.05) is 6.92 Å². The Morgan fingerprint density at radius 2 is 2.31 bits per heavy atom. The van der Waals surface area contributed by atoms with Crippen LogP contribution in [-0.2, 0) is 17.3 Å². The van der Waals surface area contributed by atoms with Gasteiger partial charge >= 0.3 is 0 Å². The number of rotatable bonds is 7. The van der Waals surface area contributed by atoms with E-state index in [1.807, 2.05) is 13.0 Å². The predicted octanol–water partition coefficient (Wildman–Crippen LogP) is 2.00. The SMILES string of the molecule is COc1ccc(CNCCC(C)S(C)=O)s1. The van der Waals surface area contributed by atoms with Crippen molar-refractivity contribution in [3.63, 3.8) is 0 Å². The minimum Gasteiger partial charge on any atom is -0.487 e. The number of hydrogen-bond donors (Lipinski definition) is 1. The Morgan fingerprint density at radius 3 is 2.88 bits per heavy atom. The van der Waals surface area contributed by atoms with E-state index < -0.39 is 10.8 Å². The van der Waals surface area contributed by atoms with E-state index in [0.29, 0.717) is 0 Å². The number of methoxy groups -OCH3 is 1. The van der Waals surface area contributed by atoms with E-state index in [2.05, 4.69) is 11.4 Å². The van der Waals surface area contributed by atoms with Crippen LogP contribution < -0.4 is 10.1 Å². The van der Waals surface area contributed by atoms with Crippen LogP contribution in [0.5, 0.6) is 5.06 Å². The highest BCUT2D eigenvalue weighted by atomic mass is 32.2. The number of hydrogen-bond acceptors (Lipinski definition) is 4. The van der Waals surface area contributed by atoms with Crippen molar-refractivity contribution in [1.29, 1.82) is 0 Å². The topological polar surface area (TPSA) is 38.3 Å². The third-order valence-corrected chi connectivity index (χ3v) is 4.85. The van der Waals surface area contributed by atoms with Crippen LogP contribution in [0.2, 0.25) is 0 Å². The van der Waals surface area contributed by atoms with E-state index in [0.717, 1.165) is 24.6 Å². The second kappa shape index (κ2) is 7.04. The third kappa shape index (κ3) is 4.63. The normalized spacial score (nSPS) is 14.7. The highest BCUT2D eigenvalue weighted by Gasteiger charge is 2.05. The molecule has 1 aromatic heterocycles. The quantitative estimate of drug-likeness (QED) is 0.763. The molecule has 92 valence electrons. The Labute approximate surface area is 104 Å². The molecule has 1 N–H and O–H groups in total. The Balaban J connectivity index is 2.18. The van der Waals surface area contributed by atoms with Gasteiger partial charge in [-0.25, -0.2) is 0 Å². The molecule has 16 heavy (non-hydrogen) atoms. The third-order valence-electron chi connectivity index (χ3n) is 2.43. The summed E-state index contributed by atoms with van der Waals surface area (Å²) in [6.45, 7) is 3.78. The Morgan fingerprint density at radius 1 is 1.56 bits per heavy atom. The van der Waals surface area contributed by atoms with Crippen molar-refractivity contribution in [3.05, 3.63) is 17.0 Å². The van der Waals surface area contributed by atoms with Gasteiger partial charge in [0.15, 0.2) is 5.06 Å². The van der Waals surface area contributed by atoms with Gasteiger partial charge in [0.25, 0.3) is 0 Å². The fourth-order valence-corrected chi connectivity index (χ4v) is 2.48. The van der Waals surface area contributed by atoms with Crippen molar-refractivity contribution in [2.45, 2.75) is 25.1 Å². The summed E-state index contributed by atoms with van der Waals surface area (Å²) in [5.41, 5.74) is 0. The first kappa shape index (κ1) is 13.7. The van der Waals surface area contributed by atoms with Crippen molar-refractivity contribution in [1.82, 2.24) is 5.32 Å². The second-order valence-electron chi connectivity index (χ2n) is 3.70. The maximum absolute atomic E-state index is 11.1. The van der Waals surface area contributed by atoms with E-state index in [-0.39, 0.29) is 5.25 Å². The first-order valence-electron chi connectivity index (χ1n) is 5.29. The molecular weight excluding hydrogens is 242 g/mol. The first-order chi connectivity index (χ1) is 7.63. The minimum absolute atomic E-state index is 0.269. The average Bonchev–Trinajstić information content (AvgIpc) is 2.71. The van der Waals surface area contributed by atoms with Gasteiger partial charge < -0.3 is 10.1 Å². The summed E-state index contributed by atoms with van der Waals surface area (Å²) >= 11 is 1.65. The van der Waals surface area contributed by atoms with Crippen LogP contribution in [0.1, 0.15) is 18.2 Å². The fraction of sp³-hybridized carbons (Fsp3) is 0.636. The standard InChI is InChI=1S/C11H19NO2S2/c1-9(16(3)13)6-7-12-8-10-4-5-11(14-2)15-10/h4-5,9,12H,6-8H2,1-3H3. The van der Waals surface area contributed by atoms with Crippen LogP contribution in [0.3, 0.4) is 0 Å². The van der Waals surface area contributed by atoms with E-state index >= 15 is 0 Å².